The molecule has 2 rings (SSSR count). The van der Waals surface area contributed by atoms with Gasteiger partial charge in [0.25, 0.3) is 5.91 Å². The van der Waals surface area contributed by atoms with Crippen LogP contribution in [0, 0.1) is 0 Å². The summed E-state index contributed by atoms with van der Waals surface area (Å²) in [5, 5.41) is 2.77. The Kier molecular flexibility index (Phi) is 5.85. The van der Waals surface area contributed by atoms with Crippen LogP contribution >= 0.6 is 27.5 Å². The van der Waals surface area contributed by atoms with E-state index in [1.807, 2.05) is 0 Å². The quantitative estimate of drug-likeness (QED) is 0.703. The summed E-state index contributed by atoms with van der Waals surface area (Å²) in [5.74, 6) is -0.265. The maximum absolute atomic E-state index is 12.2. The second kappa shape index (κ2) is 7.48. The maximum Gasteiger partial charge on any atom is 0.267 e. The lowest BCUT2D eigenvalue weighted by molar-refractivity contribution is 0.0946. The number of sulfonamides is 1. The fourth-order valence-electron chi connectivity index (χ4n) is 1.92. The van der Waals surface area contributed by atoms with Gasteiger partial charge in [0.1, 0.15) is 10.6 Å². The third-order valence-electron chi connectivity index (χ3n) is 3.06. The van der Waals surface area contributed by atoms with Crippen molar-refractivity contribution >= 4 is 43.5 Å². The summed E-state index contributed by atoms with van der Waals surface area (Å²) in [7, 11) is -1.97. The minimum atomic E-state index is -3.73. The number of hydrogen-bond acceptors (Lipinski definition) is 3. The Hall–Kier alpha value is -1.35. The number of amides is 1. The van der Waals surface area contributed by atoms with Crippen LogP contribution in [0.3, 0.4) is 0 Å². The Balaban J connectivity index is 1.90. The Morgan fingerprint density at radius 2 is 2.04 bits per heavy atom. The second-order valence-electron chi connectivity index (χ2n) is 4.73. The second-order valence-corrected chi connectivity index (χ2v) is 7.79. The van der Waals surface area contributed by atoms with Crippen molar-refractivity contribution in [2.45, 2.75) is 4.90 Å². The molecule has 2 aromatic rings. The molecule has 6 nitrogen and oxygen atoms in total. The number of aryl methyl sites for hydroxylation is 1. The van der Waals surface area contributed by atoms with Crippen LogP contribution in [0.2, 0.25) is 5.02 Å². The standard InChI is InChI=1S/C14H15BrClN3O3S/c1-19-8-2-3-12(19)14(20)17-6-7-18-23(21,22)13-5-4-10(15)9-11(13)16/h2-5,8-9,18H,6-7H2,1H3,(H,17,20). The van der Waals surface area contributed by atoms with Gasteiger partial charge in [0, 0.05) is 30.8 Å². The Bertz CT molecular complexity index is 820. The van der Waals surface area contributed by atoms with E-state index in [0.29, 0.717) is 10.2 Å². The molecule has 1 heterocycles. The lowest BCUT2D eigenvalue weighted by Crippen LogP contribution is -2.35. The predicted molar refractivity (Wildman–Crippen MR) is 92.1 cm³/mol. The molecule has 0 radical (unpaired) electrons. The predicted octanol–water partition coefficient (Wildman–Crippen LogP) is 2.15. The van der Waals surface area contributed by atoms with Gasteiger partial charge in [-0.3, -0.25) is 4.79 Å². The molecule has 1 amide bonds. The molecule has 23 heavy (non-hydrogen) atoms. The number of nitrogens with one attached hydrogen (secondary N) is 2. The molecule has 1 aromatic heterocycles. The maximum atomic E-state index is 12.2. The van der Waals surface area contributed by atoms with Crippen molar-refractivity contribution in [3.05, 3.63) is 51.7 Å². The minimum Gasteiger partial charge on any atom is -0.349 e. The number of nitrogens with zero attached hydrogens (tertiary/aromatic N) is 1. The van der Waals surface area contributed by atoms with E-state index in [-0.39, 0.29) is 28.9 Å². The zero-order chi connectivity index (χ0) is 17.0. The van der Waals surface area contributed by atoms with Crippen molar-refractivity contribution in [3.8, 4) is 0 Å². The molecule has 1 aromatic carbocycles. The van der Waals surface area contributed by atoms with E-state index >= 15 is 0 Å². The van der Waals surface area contributed by atoms with E-state index in [0.717, 1.165) is 0 Å². The highest BCUT2D eigenvalue weighted by Crippen LogP contribution is 2.24. The van der Waals surface area contributed by atoms with Gasteiger partial charge in [-0.25, -0.2) is 13.1 Å². The van der Waals surface area contributed by atoms with Gasteiger partial charge in [-0.2, -0.15) is 0 Å². The molecule has 0 atom stereocenters. The Morgan fingerprint density at radius 3 is 2.65 bits per heavy atom. The SMILES string of the molecule is Cn1cccc1C(=O)NCCNS(=O)(=O)c1ccc(Br)cc1Cl. The molecule has 0 fully saturated rings. The molecular weight excluding hydrogens is 406 g/mol. The zero-order valence-electron chi connectivity index (χ0n) is 12.2. The summed E-state index contributed by atoms with van der Waals surface area (Å²) >= 11 is 9.16. The largest absolute Gasteiger partial charge is 0.349 e. The van der Waals surface area contributed by atoms with Crippen molar-refractivity contribution in [1.29, 1.82) is 0 Å². The summed E-state index contributed by atoms with van der Waals surface area (Å²) in [6.45, 7) is 0.224. The van der Waals surface area contributed by atoms with Crippen molar-refractivity contribution in [2.75, 3.05) is 13.1 Å². The fourth-order valence-corrected chi connectivity index (χ4v) is 3.99. The van der Waals surface area contributed by atoms with Gasteiger partial charge in [-0.05, 0) is 30.3 Å². The van der Waals surface area contributed by atoms with Crippen LogP contribution in [0.1, 0.15) is 10.5 Å². The number of aromatic nitrogens is 1. The molecule has 0 aliphatic carbocycles. The van der Waals surface area contributed by atoms with E-state index in [1.165, 1.54) is 12.1 Å². The van der Waals surface area contributed by atoms with Crippen molar-refractivity contribution in [3.63, 3.8) is 0 Å². The normalized spacial score (nSPS) is 11.4. The van der Waals surface area contributed by atoms with Gasteiger partial charge in [-0.1, -0.05) is 27.5 Å². The number of rotatable bonds is 6. The average molecular weight is 421 g/mol. The Labute approximate surface area is 148 Å². The zero-order valence-corrected chi connectivity index (χ0v) is 15.4. The highest BCUT2D eigenvalue weighted by atomic mass is 79.9. The lowest BCUT2D eigenvalue weighted by atomic mass is 10.4. The monoisotopic (exact) mass is 419 g/mol. The van der Waals surface area contributed by atoms with Gasteiger partial charge < -0.3 is 9.88 Å². The lowest BCUT2D eigenvalue weighted by Gasteiger charge is -2.10. The molecule has 0 bridgehead atoms. The minimum absolute atomic E-state index is 0.00359. The third kappa shape index (κ3) is 4.57. The van der Waals surface area contributed by atoms with Crippen LogP contribution in [0.4, 0.5) is 0 Å². The molecular formula is C14H15BrClN3O3S. The number of hydrogen-bond donors (Lipinski definition) is 2. The first-order valence-electron chi connectivity index (χ1n) is 6.65. The summed E-state index contributed by atoms with van der Waals surface area (Å²) in [4.78, 5) is 11.9. The first-order valence-corrected chi connectivity index (χ1v) is 9.31. The van der Waals surface area contributed by atoms with Crippen LogP contribution in [0.25, 0.3) is 0 Å². The molecule has 0 spiro atoms. The van der Waals surface area contributed by atoms with Crippen molar-refractivity contribution < 1.29 is 13.2 Å². The molecule has 0 aliphatic heterocycles. The van der Waals surface area contributed by atoms with Crippen LogP contribution in [-0.4, -0.2) is 32.0 Å². The summed E-state index contributed by atoms with van der Waals surface area (Å²) in [6, 6.07) is 7.95. The molecule has 2 N–H and O–H groups in total. The van der Waals surface area contributed by atoms with E-state index in [1.54, 1.807) is 36.0 Å². The molecule has 124 valence electrons. The van der Waals surface area contributed by atoms with E-state index in [4.69, 9.17) is 11.6 Å². The Morgan fingerprint density at radius 1 is 1.30 bits per heavy atom. The number of carbonyl (C=O) groups is 1. The van der Waals surface area contributed by atoms with Crippen LogP contribution in [0.15, 0.2) is 45.9 Å². The van der Waals surface area contributed by atoms with Crippen molar-refractivity contribution in [1.82, 2.24) is 14.6 Å². The highest BCUT2D eigenvalue weighted by molar-refractivity contribution is 9.10. The molecule has 9 heteroatoms. The van der Waals surface area contributed by atoms with E-state index < -0.39 is 10.0 Å². The summed E-state index contributed by atoms with van der Waals surface area (Å²) in [6.07, 6.45) is 1.76. The molecule has 0 unspecified atom stereocenters. The van der Waals surface area contributed by atoms with Crippen LogP contribution in [0.5, 0.6) is 0 Å². The summed E-state index contributed by atoms with van der Waals surface area (Å²) < 4.78 is 29.1. The molecule has 0 saturated carbocycles. The molecule has 0 saturated heterocycles. The number of benzene rings is 1. The smallest absolute Gasteiger partial charge is 0.267 e. The first-order chi connectivity index (χ1) is 10.8. The number of halogens is 2. The van der Waals surface area contributed by atoms with Gasteiger partial charge in [0.05, 0.1) is 5.02 Å². The first kappa shape index (κ1) is 18.0. The van der Waals surface area contributed by atoms with Gasteiger partial charge in [0.2, 0.25) is 10.0 Å². The van der Waals surface area contributed by atoms with Gasteiger partial charge >= 0.3 is 0 Å². The molecule has 0 aliphatic rings. The van der Waals surface area contributed by atoms with Crippen LogP contribution in [-0.2, 0) is 17.1 Å². The average Bonchev–Trinajstić information content (AvgIpc) is 2.89. The topological polar surface area (TPSA) is 80.2 Å². The van der Waals surface area contributed by atoms with Crippen LogP contribution < -0.4 is 10.0 Å². The van der Waals surface area contributed by atoms with E-state index in [9.17, 15) is 13.2 Å². The van der Waals surface area contributed by atoms with Gasteiger partial charge in [0.15, 0.2) is 0 Å². The highest BCUT2D eigenvalue weighted by Gasteiger charge is 2.17. The van der Waals surface area contributed by atoms with Crippen molar-refractivity contribution in [2.24, 2.45) is 7.05 Å². The fraction of sp³-hybridized carbons (Fsp3) is 0.214. The van der Waals surface area contributed by atoms with Gasteiger partial charge in [-0.15, -0.1) is 0 Å². The third-order valence-corrected chi connectivity index (χ3v) is 5.50. The van der Waals surface area contributed by atoms with E-state index in [2.05, 4.69) is 26.0 Å². The number of carbonyl (C=O) groups excluding carboxylic acids is 1. The summed E-state index contributed by atoms with van der Waals surface area (Å²) in [5.41, 5.74) is 0.504.